The quantitative estimate of drug-likeness (QED) is 0.756. The second kappa shape index (κ2) is 7.55. The molecule has 0 radical (unpaired) electrons. The minimum absolute atomic E-state index is 0.00854. The number of carbonyl (C=O) groups excluding carboxylic acids is 4. The van der Waals surface area contributed by atoms with Crippen LogP contribution in [0.15, 0.2) is 24.3 Å². The maximum Gasteiger partial charge on any atom is 0.324 e. The lowest BCUT2D eigenvalue weighted by atomic mass is 10.1. The summed E-state index contributed by atoms with van der Waals surface area (Å²) in [5.74, 6) is -0.952. The first kappa shape index (κ1) is 19.4. The van der Waals surface area contributed by atoms with Crippen molar-refractivity contribution in [3.8, 4) is 0 Å². The van der Waals surface area contributed by atoms with Crippen molar-refractivity contribution in [3.05, 3.63) is 35.4 Å². The van der Waals surface area contributed by atoms with Crippen LogP contribution < -0.4 is 10.6 Å². The van der Waals surface area contributed by atoms with Gasteiger partial charge < -0.3 is 15.5 Å². The fourth-order valence-electron chi connectivity index (χ4n) is 2.60. The standard InChI is InChI=1S/C18H24N4O4/c1-18(2,3)20-14(23)11-21(4)16(25)13-8-6-5-7-12(13)10-22-15(24)9-19-17(22)26/h5-8H,9-11H2,1-4H3,(H,19,26)(H,20,23). The summed E-state index contributed by atoms with van der Waals surface area (Å²) in [6, 6.07) is 6.27. The molecule has 140 valence electrons. The first-order valence-corrected chi connectivity index (χ1v) is 8.31. The topological polar surface area (TPSA) is 98.8 Å². The average molecular weight is 360 g/mol. The SMILES string of the molecule is CN(CC(=O)NC(C)(C)C)C(=O)c1ccccc1CN1C(=O)CNC1=O. The molecular weight excluding hydrogens is 336 g/mol. The van der Waals surface area contributed by atoms with E-state index in [0.717, 1.165) is 4.90 Å². The minimum atomic E-state index is -0.477. The lowest BCUT2D eigenvalue weighted by Crippen LogP contribution is -2.46. The van der Waals surface area contributed by atoms with E-state index in [4.69, 9.17) is 0 Å². The molecule has 1 aliphatic rings. The predicted molar refractivity (Wildman–Crippen MR) is 95.2 cm³/mol. The van der Waals surface area contributed by atoms with Gasteiger partial charge in [0.1, 0.15) is 0 Å². The molecule has 8 heteroatoms. The number of hydrogen-bond acceptors (Lipinski definition) is 4. The number of benzene rings is 1. The number of hydrogen-bond donors (Lipinski definition) is 2. The number of urea groups is 1. The number of nitrogens with one attached hydrogen (secondary N) is 2. The maximum atomic E-state index is 12.7. The van der Waals surface area contributed by atoms with E-state index in [2.05, 4.69) is 10.6 Å². The van der Waals surface area contributed by atoms with Gasteiger partial charge in [0.25, 0.3) is 5.91 Å². The smallest absolute Gasteiger partial charge is 0.324 e. The van der Waals surface area contributed by atoms with Crippen molar-refractivity contribution < 1.29 is 19.2 Å². The highest BCUT2D eigenvalue weighted by Crippen LogP contribution is 2.15. The van der Waals surface area contributed by atoms with E-state index in [1.165, 1.54) is 11.9 Å². The number of carbonyl (C=O) groups is 4. The molecule has 0 aliphatic carbocycles. The van der Waals surface area contributed by atoms with Crippen LogP contribution in [0.1, 0.15) is 36.7 Å². The Morgan fingerprint density at radius 3 is 2.46 bits per heavy atom. The molecular formula is C18H24N4O4. The van der Waals surface area contributed by atoms with Crippen LogP contribution in [0.25, 0.3) is 0 Å². The molecule has 1 fully saturated rings. The Labute approximate surface area is 152 Å². The van der Waals surface area contributed by atoms with Gasteiger partial charge in [-0.2, -0.15) is 0 Å². The number of nitrogens with zero attached hydrogens (tertiary/aromatic N) is 2. The third-order valence-electron chi connectivity index (χ3n) is 3.76. The first-order valence-electron chi connectivity index (χ1n) is 8.31. The summed E-state index contributed by atoms with van der Waals surface area (Å²) >= 11 is 0. The Morgan fingerprint density at radius 2 is 1.88 bits per heavy atom. The first-order chi connectivity index (χ1) is 12.1. The molecule has 1 aliphatic heterocycles. The van der Waals surface area contributed by atoms with E-state index < -0.39 is 6.03 Å². The van der Waals surface area contributed by atoms with Crippen LogP contribution in [0.2, 0.25) is 0 Å². The lowest BCUT2D eigenvalue weighted by molar-refractivity contribution is -0.125. The zero-order valence-corrected chi connectivity index (χ0v) is 15.5. The van der Waals surface area contributed by atoms with E-state index in [0.29, 0.717) is 11.1 Å². The highest BCUT2D eigenvalue weighted by Gasteiger charge is 2.30. The molecule has 0 bridgehead atoms. The van der Waals surface area contributed by atoms with E-state index >= 15 is 0 Å². The van der Waals surface area contributed by atoms with Crippen molar-refractivity contribution in [2.24, 2.45) is 0 Å². The molecule has 2 rings (SSSR count). The minimum Gasteiger partial charge on any atom is -0.350 e. The van der Waals surface area contributed by atoms with Crippen molar-refractivity contribution in [2.45, 2.75) is 32.9 Å². The van der Waals surface area contributed by atoms with Gasteiger partial charge in [0.15, 0.2) is 0 Å². The maximum absolute atomic E-state index is 12.7. The molecule has 5 amide bonds. The normalized spacial score (nSPS) is 14.2. The zero-order valence-electron chi connectivity index (χ0n) is 15.5. The Kier molecular flexibility index (Phi) is 5.64. The summed E-state index contributed by atoms with van der Waals surface area (Å²) in [5.41, 5.74) is 0.513. The van der Waals surface area contributed by atoms with Gasteiger partial charge in [0.05, 0.1) is 19.6 Å². The predicted octanol–water partition coefficient (Wildman–Crippen LogP) is 0.725. The molecule has 0 atom stereocenters. The van der Waals surface area contributed by atoms with Crippen LogP contribution >= 0.6 is 0 Å². The number of likely N-dealkylation sites (N-methyl/N-ethyl adjacent to an activating group) is 1. The summed E-state index contributed by atoms with van der Waals surface area (Å²) in [7, 11) is 1.54. The Hall–Kier alpha value is -2.90. The van der Waals surface area contributed by atoms with E-state index in [1.54, 1.807) is 24.3 Å². The third kappa shape index (κ3) is 4.81. The van der Waals surface area contributed by atoms with Crippen LogP contribution in [0.5, 0.6) is 0 Å². The largest absolute Gasteiger partial charge is 0.350 e. The monoisotopic (exact) mass is 360 g/mol. The average Bonchev–Trinajstić information content (AvgIpc) is 2.84. The Morgan fingerprint density at radius 1 is 1.23 bits per heavy atom. The highest BCUT2D eigenvalue weighted by atomic mass is 16.2. The molecule has 0 saturated carbocycles. The summed E-state index contributed by atoms with van der Waals surface area (Å²) in [6.07, 6.45) is 0. The van der Waals surface area contributed by atoms with Gasteiger partial charge in [-0.15, -0.1) is 0 Å². The van der Waals surface area contributed by atoms with Gasteiger partial charge in [0.2, 0.25) is 11.8 Å². The van der Waals surface area contributed by atoms with Crippen LogP contribution in [-0.4, -0.2) is 59.2 Å². The van der Waals surface area contributed by atoms with Gasteiger partial charge in [0, 0.05) is 18.2 Å². The number of rotatable bonds is 5. The number of amides is 5. The molecule has 0 unspecified atom stereocenters. The van der Waals surface area contributed by atoms with Crippen LogP contribution in [0.3, 0.4) is 0 Å². The van der Waals surface area contributed by atoms with Crippen molar-refractivity contribution >= 4 is 23.8 Å². The van der Waals surface area contributed by atoms with Gasteiger partial charge >= 0.3 is 6.03 Å². The third-order valence-corrected chi connectivity index (χ3v) is 3.76. The van der Waals surface area contributed by atoms with E-state index in [-0.39, 0.29) is 42.9 Å². The van der Waals surface area contributed by atoms with Gasteiger partial charge in [-0.1, -0.05) is 18.2 Å². The van der Waals surface area contributed by atoms with Crippen molar-refractivity contribution in [1.29, 1.82) is 0 Å². The summed E-state index contributed by atoms with van der Waals surface area (Å²) < 4.78 is 0. The van der Waals surface area contributed by atoms with Gasteiger partial charge in [-0.05, 0) is 32.4 Å². The van der Waals surface area contributed by atoms with E-state index in [9.17, 15) is 19.2 Å². The summed E-state index contributed by atoms with van der Waals surface area (Å²) in [4.78, 5) is 50.7. The Bertz CT molecular complexity index is 723. The highest BCUT2D eigenvalue weighted by molar-refractivity contribution is 6.02. The second-order valence-electron chi connectivity index (χ2n) is 7.26. The van der Waals surface area contributed by atoms with Crippen LogP contribution in [0, 0.1) is 0 Å². The molecule has 1 heterocycles. The fraction of sp³-hybridized carbons (Fsp3) is 0.444. The van der Waals surface area contributed by atoms with Crippen molar-refractivity contribution in [1.82, 2.24) is 20.4 Å². The van der Waals surface area contributed by atoms with Gasteiger partial charge in [-0.3, -0.25) is 19.3 Å². The van der Waals surface area contributed by atoms with Crippen LogP contribution in [0.4, 0.5) is 4.79 Å². The van der Waals surface area contributed by atoms with Crippen molar-refractivity contribution in [3.63, 3.8) is 0 Å². The van der Waals surface area contributed by atoms with Crippen molar-refractivity contribution in [2.75, 3.05) is 20.1 Å². The molecule has 1 aromatic rings. The molecule has 26 heavy (non-hydrogen) atoms. The molecule has 2 N–H and O–H groups in total. The number of imide groups is 1. The Balaban J connectivity index is 2.12. The lowest BCUT2D eigenvalue weighted by Gasteiger charge is -2.24. The zero-order chi connectivity index (χ0) is 19.5. The fourth-order valence-corrected chi connectivity index (χ4v) is 2.60. The van der Waals surface area contributed by atoms with Gasteiger partial charge in [-0.25, -0.2) is 4.79 Å². The molecule has 1 aromatic carbocycles. The molecule has 1 saturated heterocycles. The van der Waals surface area contributed by atoms with Crippen LogP contribution in [-0.2, 0) is 16.1 Å². The molecule has 8 nitrogen and oxygen atoms in total. The molecule has 0 spiro atoms. The second-order valence-corrected chi connectivity index (χ2v) is 7.26. The summed E-state index contributed by atoms with van der Waals surface area (Å²) in [5, 5.41) is 5.25. The molecule has 0 aromatic heterocycles. The summed E-state index contributed by atoms with van der Waals surface area (Å²) in [6.45, 7) is 5.46. The van der Waals surface area contributed by atoms with E-state index in [1.807, 2.05) is 20.8 Å².